The zero-order valence-electron chi connectivity index (χ0n) is 11.1. The summed E-state index contributed by atoms with van der Waals surface area (Å²) in [5, 5.41) is 12.5. The first kappa shape index (κ1) is 15.1. The van der Waals surface area contributed by atoms with Crippen LogP contribution in [0, 0.1) is 5.92 Å². The lowest BCUT2D eigenvalue weighted by Crippen LogP contribution is -2.48. The fourth-order valence-electron chi connectivity index (χ4n) is 1.73. The molecule has 1 rings (SSSR count). The molecule has 0 aromatic heterocycles. The summed E-state index contributed by atoms with van der Waals surface area (Å²) in [6, 6.07) is 9.55. The van der Waals surface area contributed by atoms with Gasteiger partial charge in [-0.25, -0.2) is 0 Å². The summed E-state index contributed by atoms with van der Waals surface area (Å²) < 4.78 is 0. The Hall–Kier alpha value is -1.00. The minimum atomic E-state index is -0.717. The number of carbonyl (C=O) groups is 1. The second-order valence-corrected chi connectivity index (χ2v) is 5.61. The molecule has 1 amide bonds. The maximum Gasteiger partial charge on any atom is 0.224 e. The van der Waals surface area contributed by atoms with Crippen LogP contribution in [0.1, 0.15) is 19.4 Å². The van der Waals surface area contributed by atoms with Crippen LogP contribution in [0.2, 0.25) is 0 Å². The van der Waals surface area contributed by atoms with Crippen LogP contribution in [0.5, 0.6) is 0 Å². The molecule has 2 N–H and O–H groups in total. The molecule has 0 spiro atoms. The molecule has 1 aromatic carbocycles. The quantitative estimate of drug-likeness (QED) is 0.829. The highest BCUT2D eigenvalue weighted by Gasteiger charge is 2.29. The third-order valence-corrected chi connectivity index (χ3v) is 3.82. The van der Waals surface area contributed by atoms with Gasteiger partial charge in [0.25, 0.3) is 0 Å². The van der Waals surface area contributed by atoms with Gasteiger partial charge in [-0.05, 0) is 18.7 Å². The molecule has 2 unspecified atom stereocenters. The van der Waals surface area contributed by atoms with E-state index in [1.807, 2.05) is 50.4 Å². The van der Waals surface area contributed by atoms with Crippen molar-refractivity contribution >= 4 is 17.7 Å². The lowest BCUT2D eigenvalue weighted by molar-refractivity contribution is -0.126. The smallest absolute Gasteiger partial charge is 0.224 e. The zero-order valence-corrected chi connectivity index (χ0v) is 12.0. The van der Waals surface area contributed by atoms with E-state index in [9.17, 15) is 9.90 Å². The van der Waals surface area contributed by atoms with Gasteiger partial charge in [0, 0.05) is 11.7 Å². The Balaban J connectivity index is 2.81. The molecule has 0 aliphatic carbocycles. The summed E-state index contributed by atoms with van der Waals surface area (Å²) in [4.78, 5) is 12.0. The average molecular weight is 267 g/mol. The fourth-order valence-corrected chi connectivity index (χ4v) is 2.38. The highest BCUT2D eigenvalue weighted by atomic mass is 32.2. The Morgan fingerprint density at radius 1 is 1.44 bits per heavy atom. The molecular formula is C14H21NO2S. The maximum absolute atomic E-state index is 12.0. The van der Waals surface area contributed by atoms with Crippen LogP contribution >= 0.6 is 11.8 Å². The van der Waals surface area contributed by atoms with Gasteiger partial charge in [0.05, 0.1) is 12.1 Å². The molecule has 1 aromatic rings. The molecule has 2 atom stereocenters. The maximum atomic E-state index is 12.0. The highest BCUT2D eigenvalue weighted by molar-refractivity contribution is 7.98. The summed E-state index contributed by atoms with van der Waals surface area (Å²) in [6.45, 7) is 3.62. The van der Waals surface area contributed by atoms with Crippen LogP contribution in [-0.2, 0) is 10.3 Å². The molecule has 0 fully saturated rings. The normalized spacial score (nSPS) is 15.8. The monoisotopic (exact) mass is 267 g/mol. The Morgan fingerprint density at radius 2 is 2.06 bits per heavy atom. The molecule has 0 aliphatic rings. The topological polar surface area (TPSA) is 49.3 Å². The Kier molecular flexibility index (Phi) is 5.69. The van der Waals surface area contributed by atoms with Gasteiger partial charge in [-0.3, -0.25) is 4.79 Å². The van der Waals surface area contributed by atoms with Gasteiger partial charge in [0.1, 0.15) is 0 Å². The van der Waals surface area contributed by atoms with E-state index in [1.54, 1.807) is 11.8 Å². The van der Waals surface area contributed by atoms with Gasteiger partial charge >= 0.3 is 0 Å². The van der Waals surface area contributed by atoms with Crippen molar-refractivity contribution in [1.29, 1.82) is 0 Å². The van der Waals surface area contributed by atoms with E-state index in [4.69, 9.17) is 0 Å². The van der Waals surface area contributed by atoms with Gasteiger partial charge in [0.15, 0.2) is 0 Å². The van der Waals surface area contributed by atoms with Gasteiger partial charge in [-0.1, -0.05) is 37.3 Å². The van der Waals surface area contributed by atoms with Crippen LogP contribution < -0.4 is 5.32 Å². The molecule has 3 nitrogen and oxygen atoms in total. The van der Waals surface area contributed by atoms with Crippen LogP contribution in [-0.4, -0.2) is 29.6 Å². The van der Waals surface area contributed by atoms with Gasteiger partial charge < -0.3 is 10.4 Å². The summed E-state index contributed by atoms with van der Waals surface area (Å²) in [7, 11) is 0. The standard InChI is InChI=1S/C14H21NO2S/c1-11(9-18-3)13(17)15-14(2,10-16)12-7-5-4-6-8-12/h4-8,11,16H,9-10H2,1-3H3,(H,15,17). The average Bonchev–Trinajstić information content (AvgIpc) is 2.39. The summed E-state index contributed by atoms with van der Waals surface area (Å²) in [5.74, 6) is 0.696. The third-order valence-electron chi connectivity index (χ3n) is 2.99. The molecule has 0 bridgehead atoms. The second kappa shape index (κ2) is 6.81. The Labute approximate surface area is 113 Å². The molecule has 0 saturated heterocycles. The van der Waals surface area contributed by atoms with Crippen LogP contribution in [0.15, 0.2) is 30.3 Å². The van der Waals surface area contributed by atoms with E-state index < -0.39 is 5.54 Å². The number of hydrogen-bond acceptors (Lipinski definition) is 3. The number of rotatable bonds is 6. The van der Waals surface area contributed by atoms with Crippen molar-refractivity contribution < 1.29 is 9.90 Å². The number of hydrogen-bond donors (Lipinski definition) is 2. The van der Waals surface area contributed by atoms with E-state index >= 15 is 0 Å². The molecule has 0 radical (unpaired) electrons. The van der Waals surface area contributed by atoms with E-state index in [0.29, 0.717) is 0 Å². The number of benzene rings is 1. The van der Waals surface area contributed by atoms with E-state index in [1.165, 1.54) is 0 Å². The Morgan fingerprint density at radius 3 is 2.56 bits per heavy atom. The number of aliphatic hydroxyl groups is 1. The van der Waals surface area contributed by atoms with Gasteiger partial charge in [-0.2, -0.15) is 11.8 Å². The minimum Gasteiger partial charge on any atom is -0.394 e. The van der Waals surface area contributed by atoms with E-state index in [2.05, 4.69) is 5.32 Å². The second-order valence-electron chi connectivity index (χ2n) is 4.70. The third kappa shape index (κ3) is 3.75. The first-order valence-corrected chi connectivity index (χ1v) is 7.40. The largest absolute Gasteiger partial charge is 0.394 e. The van der Waals surface area contributed by atoms with Crippen LogP contribution in [0.4, 0.5) is 0 Å². The predicted molar refractivity (Wildman–Crippen MR) is 76.6 cm³/mol. The summed E-state index contributed by atoms with van der Waals surface area (Å²) in [5.41, 5.74) is 0.197. The van der Waals surface area contributed by atoms with Crippen molar-refractivity contribution in [3.63, 3.8) is 0 Å². The molecule has 0 aliphatic heterocycles. The zero-order chi connectivity index (χ0) is 13.6. The number of carbonyl (C=O) groups excluding carboxylic acids is 1. The molecule has 0 saturated carbocycles. The summed E-state index contributed by atoms with van der Waals surface area (Å²) in [6.07, 6.45) is 1.98. The molecular weight excluding hydrogens is 246 g/mol. The summed E-state index contributed by atoms with van der Waals surface area (Å²) >= 11 is 1.64. The molecule has 4 heteroatoms. The first-order valence-electron chi connectivity index (χ1n) is 6.01. The van der Waals surface area contributed by atoms with Crippen LogP contribution in [0.3, 0.4) is 0 Å². The first-order chi connectivity index (χ1) is 8.53. The van der Waals surface area contributed by atoms with E-state index in [0.717, 1.165) is 11.3 Å². The van der Waals surface area contributed by atoms with Crippen molar-refractivity contribution in [3.05, 3.63) is 35.9 Å². The van der Waals surface area contributed by atoms with Gasteiger partial charge in [-0.15, -0.1) is 0 Å². The molecule has 0 heterocycles. The highest BCUT2D eigenvalue weighted by Crippen LogP contribution is 2.20. The number of amides is 1. The molecule has 100 valence electrons. The fraction of sp³-hybridized carbons (Fsp3) is 0.500. The van der Waals surface area contributed by atoms with Crippen LogP contribution in [0.25, 0.3) is 0 Å². The minimum absolute atomic E-state index is 0.0234. The van der Waals surface area contributed by atoms with Gasteiger partial charge in [0.2, 0.25) is 5.91 Å². The van der Waals surface area contributed by atoms with Crippen molar-refractivity contribution in [1.82, 2.24) is 5.32 Å². The van der Waals surface area contributed by atoms with Crippen molar-refractivity contribution in [2.45, 2.75) is 19.4 Å². The Bertz CT molecular complexity index is 383. The number of thioether (sulfide) groups is 1. The van der Waals surface area contributed by atoms with E-state index in [-0.39, 0.29) is 18.4 Å². The number of aliphatic hydroxyl groups excluding tert-OH is 1. The molecule has 18 heavy (non-hydrogen) atoms. The lowest BCUT2D eigenvalue weighted by atomic mass is 9.92. The van der Waals surface area contributed by atoms with Crippen molar-refractivity contribution in [2.75, 3.05) is 18.6 Å². The van der Waals surface area contributed by atoms with Crippen molar-refractivity contribution in [2.24, 2.45) is 5.92 Å². The SMILES string of the molecule is CSCC(C)C(=O)NC(C)(CO)c1ccccc1. The predicted octanol–water partition coefficient (Wildman–Crippen LogP) is 2.01. The number of nitrogens with one attached hydrogen (secondary N) is 1. The lowest BCUT2D eigenvalue weighted by Gasteiger charge is -2.30. The van der Waals surface area contributed by atoms with Crippen molar-refractivity contribution in [3.8, 4) is 0 Å².